The molecule has 130 valence electrons. The molecule has 1 aromatic carbocycles. The molecule has 1 heterocycles. The lowest BCUT2D eigenvalue weighted by Gasteiger charge is -2.35. The van der Waals surface area contributed by atoms with Gasteiger partial charge in [-0.25, -0.2) is 4.79 Å². The minimum Gasteiger partial charge on any atom is -0.352 e. The number of hydrogen-bond donors (Lipinski definition) is 2. The van der Waals surface area contributed by atoms with Crippen LogP contribution in [-0.4, -0.2) is 53.8 Å². The van der Waals surface area contributed by atoms with Gasteiger partial charge in [-0.05, 0) is 11.6 Å². The van der Waals surface area contributed by atoms with Gasteiger partial charge >= 0.3 is 6.03 Å². The van der Waals surface area contributed by atoms with Crippen molar-refractivity contribution in [2.45, 2.75) is 19.4 Å². The maximum atomic E-state index is 12.5. The third kappa shape index (κ3) is 4.61. The molecule has 2 rings (SSSR count). The second-order valence-corrected chi connectivity index (χ2v) is 6.08. The fourth-order valence-electron chi connectivity index (χ4n) is 2.74. The molecule has 0 aromatic heterocycles. The summed E-state index contributed by atoms with van der Waals surface area (Å²) in [6.07, 6.45) is 0.0622. The van der Waals surface area contributed by atoms with E-state index < -0.39 is 12.1 Å². The average Bonchev–Trinajstić information content (AvgIpc) is 2.54. The topological polar surface area (TPSA) is 95.7 Å². The maximum absolute atomic E-state index is 12.5. The summed E-state index contributed by atoms with van der Waals surface area (Å²) in [5, 5.41) is 3.04. The fourth-order valence-corrected chi connectivity index (χ4v) is 3.01. The zero-order chi connectivity index (χ0) is 17.7. The second kappa shape index (κ2) is 8.01. The van der Waals surface area contributed by atoms with Crippen molar-refractivity contribution in [1.82, 2.24) is 15.1 Å². The standard InChI is InChI=1S/C16H21ClN4O3/c1-11(22)20-6-8-21(9-7-20)15(23)10-14(19-16(18)24)12-4-2-3-5-13(12)17/h2-5,14H,6-10H2,1H3,(H3,18,19,24). The Bertz CT molecular complexity index is 630. The van der Waals surface area contributed by atoms with Crippen molar-refractivity contribution < 1.29 is 14.4 Å². The highest BCUT2D eigenvalue weighted by atomic mass is 35.5. The number of benzene rings is 1. The Morgan fingerprint density at radius 2 is 1.75 bits per heavy atom. The first-order valence-electron chi connectivity index (χ1n) is 7.72. The van der Waals surface area contributed by atoms with Crippen molar-refractivity contribution in [3.8, 4) is 0 Å². The Morgan fingerprint density at radius 3 is 2.29 bits per heavy atom. The predicted molar refractivity (Wildman–Crippen MR) is 90.4 cm³/mol. The Labute approximate surface area is 145 Å². The maximum Gasteiger partial charge on any atom is 0.312 e. The molecule has 0 saturated carbocycles. The minimum absolute atomic E-state index is 0.00596. The van der Waals surface area contributed by atoms with Gasteiger partial charge in [0.05, 0.1) is 12.5 Å². The predicted octanol–water partition coefficient (Wildman–Crippen LogP) is 1.13. The van der Waals surface area contributed by atoms with Crippen LogP contribution in [0.5, 0.6) is 0 Å². The molecule has 1 unspecified atom stereocenters. The number of urea groups is 1. The van der Waals surface area contributed by atoms with Crippen molar-refractivity contribution >= 4 is 29.4 Å². The number of nitrogens with two attached hydrogens (primary N) is 1. The Balaban J connectivity index is 2.04. The van der Waals surface area contributed by atoms with E-state index in [-0.39, 0.29) is 18.2 Å². The van der Waals surface area contributed by atoms with Crippen molar-refractivity contribution in [2.24, 2.45) is 5.73 Å². The smallest absolute Gasteiger partial charge is 0.312 e. The quantitative estimate of drug-likeness (QED) is 0.850. The molecule has 1 fully saturated rings. The van der Waals surface area contributed by atoms with Gasteiger partial charge in [-0.15, -0.1) is 0 Å². The van der Waals surface area contributed by atoms with Crippen molar-refractivity contribution in [2.75, 3.05) is 26.2 Å². The first-order chi connectivity index (χ1) is 11.4. The van der Waals surface area contributed by atoms with E-state index in [1.165, 1.54) is 6.92 Å². The zero-order valence-electron chi connectivity index (χ0n) is 13.5. The third-order valence-corrected chi connectivity index (χ3v) is 4.40. The molecule has 24 heavy (non-hydrogen) atoms. The highest BCUT2D eigenvalue weighted by Crippen LogP contribution is 2.25. The van der Waals surface area contributed by atoms with Crippen molar-refractivity contribution in [3.05, 3.63) is 34.9 Å². The number of nitrogens with zero attached hydrogens (tertiary/aromatic N) is 2. The van der Waals surface area contributed by atoms with Gasteiger partial charge in [0.2, 0.25) is 11.8 Å². The number of rotatable bonds is 4. The van der Waals surface area contributed by atoms with Crippen LogP contribution in [0, 0.1) is 0 Å². The van der Waals surface area contributed by atoms with E-state index in [9.17, 15) is 14.4 Å². The van der Waals surface area contributed by atoms with Crippen LogP contribution in [0.4, 0.5) is 4.79 Å². The van der Waals surface area contributed by atoms with Gasteiger partial charge in [0, 0.05) is 38.1 Å². The molecule has 7 nitrogen and oxygen atoms in total. The number of nitrogens with one attached hydrogen (secondary N) is 1. The van der Waals surface area contributed by atoms with Crippen LogP contribution < -0.4 is 11.1 Å². The number of amides is 4. The van der Waals surface area contributed by atoms with Gasteiger partial charge in [0.1, 0.15) is 0 Å². The molecular weight excluding hydrogens is 332 g/mol. The summed E-state index contributed by atoms with van der Waals surface area (Å²) in [4.78, 5) is 38.5. The molecular formula is C16H21ClN4O3. The van der Waals surface area contributed by atoms with Gasteiger partial charge in [-0.2, -0.15) is 0 Å². The summed E-state index contributed by atoms with van der Waals surface area (Å²) in [6, 6.07) is 5.71. The Morgan fingerprint density at radius 1 is 1.17 bits per heavy atom. The zero-order valence-corrected chi connectivity index (χ0v) is 14.3. The lowest BCUT2D eigenvalue weighted by Crippen LogP contribution is -2.50. The molecule has 1 aromatic rings. The van der Waals surface area contributed by atoms with E-state index in [0.29, 0.717) is 36.8 Å². The number of hydrogen-bond acceptors (Lipinski definition) is 3. The van der Waals surface area contributed by atoms with E-state index in [2.05, 4.69) is 5.32 Å². The Hall–Kier alpha value is -2.28. The first-order valence-corrected chi connectivity index (χ1v) is 8.10. The van der Waals surface area contributed by atoms with E-state index in [1.54, 1.807) is 34.1 Å². The van der Waals surface area contributed by atoms with E-state index in [1.807, 2.05) is 0 Å². The summed E-state index contributed by atoms with van der Waals surface area (Å²) in [6.45, 7) is 3.50. The molecule has 0 bridgehead atoms. The molecule has 0 radical (unpaired) electrons. The highest BCUT2D eigenvalue weighted by molar-refractivity contribution is 6.31. The molecule has 1 saturated heterocycles. The van der Waals surface area contributed by atoms with Gasteiger partial charge in [-0.1, -0.05) is 29.8 Å². The largest absolute Gasteiger partial charge is 0.352 e. The molecule has 3 N–H and O–H groups in total. The second-order valence-electron chi connectivity index (χ2n) is 5.67. The van der Waals surface area contributed by atoms with Gasteiger partial charge in [-0.3, -0.25) is 9.59 Å². The molecule has 0 aliphatic carbocycles. The summed E-state index contributed by atoms with van der Waals surface area (Å²) in [7, 11) is 0. The summed E-state index contributed by atoms with van der Waals surface area (Å²) in [5.74, 6) is -0.108. The first kappa shape index (κ1) is 18.1. The number of piperazine rings is 1. The van der Waals surface area contributed by atoms with Crippen LogP contribution in [0.15, 0.2) is 24.3 Å². The monoisotopic (exact) mass is 352 g/mol. The number of halogens is 1. The number of carbonyl (C=O) groups excluding carboxylic acids is 3. The van der Waals surface area contributed by atoms with Crippen molar-refractivity contribution in [3.63, 3.8) is 0 Å². The van der Waals surface area contributed by atoms with Crippen LogP contribution >= 0.6 is 11.6 Å². The van der Waals surface area contributed by atoms with Gasteiger partial charge in [0.15, 0.2) is 0 Å². The molecule has 1 aliphatic rings. The number of carbonyl (C=O) groups is 3. The molecule has 4 amide bonds. The SMILES string of the molecule is CC(=O)N1CCN(C(=O)CC(NC(N)=O)c2ccccc2Cl)CC1. The highest BCUT2D eigenvalue weighted by Gasteiger charge is 2.26. The fraction of sp³-hybridized carbons (Fsp3) is 0.438. The van der Waals surface area contributed by atoms with Crippen LogP contribution in [0.1, 0.15) is 24.9 Å². The van der Waals surface area contributed by atoms with Crippen LogP contribution in [0.3, 0.4) is 0 Å². The lowest BCUT2D eigenvalue weighted by atomic mass is 10.0. The van der Waals surface area contributed by atoms with Crippen LogP contribution in [0.25, 0.3) is 0 Å². The van der Waals surface area contributed by atoms with Gasteiger partial charge < -0.3 is 20.9 Å². The normalized spacial score (nSPS) is 15.8. The summed E-state index contributed by atoms with van der Waals surface area (Å²) < 4.78 is 0. The van der Waals surface area contributed by atoms with E-state index in [4.69, 9.17) is 17.3 Å². The average molecular weight is 353 g/mol. The summed E-state index contributed by atoms with van der Waals surface area (Å²) >= 11 is 6.16. The number of primary amides is 1. The molecule has 0 spiro atoms. The lowest BCUT2D eigenvalue weighted by molar-refractivity contribution is -0.138. The van der Waals surface area contributed by atoms with Crippen LogP contribution in [0.2, 0.25) is 5.02 Å². The molecule has 1 atom stereocenters. The molecule has 8 heteroatoms. The third-order valence-electron chi connectivity index (χ3n) is 4.05. The summed E-state index contributed by atoms with van der Waals surface area (Å²) in [5.41, 5.74) is 5.87. The van der Waals surface area contributed by atoms with E-state index in [0.717, 1.165) is 0 Å². The van der Waals surface area contributed by atoms with E-state index >= 15 is 0 Å². The minimum atomic E-state index is -0.714. The van der Waals surface area contributed by atoms with Crippen molar-refractivity contribution in [1.29, 1.82) is 0 Å². The molecule has 1 aliphatic heterocycles. The van der Waals surface area contributed by atoms with Gasteiger partial charge in [0.25, 0.3) is 0 Å². The Kier molecular flexibility index (Phi) is 6.03. The van der Waals surface area contributed by atoms with Crippen LogP contribution in [-0.2, 0) is 9.59 Å².